The molecule has 0 saturated carbocycles. The van der Waals surface area contributed by atoms with E-state index in [2.05, 4.69) is 15.6 Å². The van der Waals surface area contributed by atoms with Crippen LogP contribution in [0.25, 0.3) is 0 Å². The number of guanidine groups is 1. The molecule has 9 nitrogen and oxygen atoms in total. The molecule has 0 bridgehead atoms. The molecule has 1 aliphatic heterocycles. The third kappa shape index (κ3) is 9.31. The van der Waals surface area contributed by atoms with Crippen molar-refractivity contribution in [2.75, 3.05) is 39.5 Å². The number of aliphatic imine (C=N–C) groups is 1. The number of nitro groups is 1. The number of halogens is 1. The molecule has 3 N–H and O–H groups in total. The SMILES string of the molecule is I.O=[N+]([O-])c1ccc(CN=C(NCCOCCO)NCC2CCCO2)cc1. The van der Waals surface area contributed by atoms with Gasteiger partial charge in [0, 0.05) is 31.8 Å². The third-order valence-corrected chi connectivity index (χ3v) is 3.86. The Labute approximate surface area is 175 Å². The Morgan fingerprint density at radius 2 is 2.11 bits per heavy atom. The Balaban J connectivity index is 0.00000364. The maximum atomic E-state index is 10.7. The topological polar surface area (TPSA) is 118 Å². The lowest BCUT2D eigenvalue weighted by Gasteiger charge is -2.15. The number of nitrogens with zero attached hydrogens (tertiary/aromatic N) is 2. The Bertz CT molecular complexity index is 579. The van der Waals surface area contributed by atoms with E-state index in [-0.39, 0.29) is 42.4 Å². The Hall–Kier alpha value is -1.50. The summed E-state index contributed by atoms with van der Waals surface area (Å²) < 4.78 is 10.8. The average molecular weight is 494 g/mol. The second-order valence-corrected chi connectivity index (χ2v) is 5.87. The number of benzene rings is 1. The van der Waals surface area contributed by atoms with E-state index in [0.29, 0.717) is 38.8 Å². The van der Waals surface area contributed by atoms with Gasteiger partial charge in [-0.15, -0.1) is 24.0 Å². The highest BCUT2D eigenvalue weighted by molar-refractivity contribution is 14.0. The standard InChI is InChI=1S/C17H26N4O5.HI/c22-8-11-25-10-7-18-17(20-13-16-2-1-9-26-16)19-12-14-3-5-15(6-4-14)21(23)24;/h3-6,16,22H,1-2,7-13H2,(H2,18,19,20);1H. The molecular weight excluding hydrogens is 467 g/mol. The monoisotopic (exact) mass is 494 g/mol. The number of nitrogens with one attached hydrogen (secondary N) is 2. The van der Waals surface area contributed by atoms with Gasteiger partial charge in [0.05, 0.1) is 37.4 Å². The first kappa shape index (κ1) is 23.5. The highest BCUT2D eigenvalue weighted by atomic mass is 127. The van der Waals surface area contributed by atoms with E-state index in [1.807, 2.05) is 0 Å². The normalized spacial score (nSPS) is 16.6. The van der Waals surface area contributed by atoms with Crippen molar-refractivity contribution < 1.29 is 19.5 Å². The fourth-order valence-electron chi connectivity index (χ4n) is 2.49. The second-order valence-electron chi connectivity index (χ2n) is 5.87. The van der Waals surface area contributed by atoms with Crippen LogP contribution < -0.4 is 10.6 Å². The predicted molar refractivity (Wildman–Crippen MR) is 113 cm³/mol. The Morgan fingerprint density at radius 1 is 1.33 bits per heavy atom. The first-order chi connectivity index (χ1) is 12.7. The van der Waals surface area contributed by atoms with Crippen LogP contribution in [0.3, 0.4) is 0 Å². The van der Waals surface area contributed by atoms with Crippen LogP contribution in [-0.2, 0) is 16.0 Å². The molecule has 1 saturated heterocycles. The number of non-ortho nitro benzene ring substituents is 1. The van der Waals surface area contributed by atoms with Gasteiger partial charge >= 0.3 is 0 Å². The van der Waals surface area contributed by atoms with Gasteiger partial charge in [-0.1, -0.05) is 12.1 Å². The number of rotatable bonds is 10. The largest absolute Gasteiger partial charge is 0.394 e. The number of nitro benzene ring substituents is 1. The molecule has 1 unspecified atom stereocenters. The zero-order valence-corrected chi connectivity index (χ0v) is 17.5. The molecule has 10 heteroatoms. The van der Waals surface area contributed by atoms with Gasteiger partial charge in [0.15, 0.2) is 5.96 Å². The summed E-state index contributed by atoms with van der Waals surface area (Å²) in [4.78, 5) is 14.8. The van der Waals surface area contributed by atoms with Gasteiger partial charge in [0.2, 0.25) is 0 Å². The maximum Gasteiger partial charge on any atom is 0.269 e. The summed E-state index contributed by atoms with van der Waals surface area (Å²) in [5, 5.41) is 25.8. The summed E-state index contributed by atoms with van der Waals surface area (Å²) in [6.07, 6.45) is 2.29. The van der Waals surface area contributed by atoms with E-state index >= 15 is 0 Å². The maximum absolute atomic E-state index is 10.7. The van der Waals surface area contributed by atoms with Crippen LogP contribution in [0.2, 0.25) is 0 Å². The summed E-state index contributed by atoms with van der Waals surface area (Å²) in [6.45, 7) is 3.18. The van der Waals surface area contributed by atoms with E-state index in [9.17, 15) is 10.1 Å². The molecule has 1 aromatic carbocycles. The molecule has 2 rings (SSSR count). The molecule has 1 aliphatic rings. The van der Waals surface area contributed by atoms with Crippen LogP contribution in [-0.4, -0.2) is 61.6 Å². The summed E-state index contributed by atoms with van der Waals surface area (Å²) in [5.41, 5.74) is 0.943. The molecule has 152 valence electrons. The van der Waals surface area contributed by atoms with E-state index in [0.717, 1.165) is 25.0 Å². The molecule has 0 amide bonds. The van der Waals surface area contributed by atoms with Crippen molar-refractivity contribution in [2.24, 2.45) is 4.99 Å². The molecule has 0 aliphatic carbocycles. The van der Waals surface area contributed by atoms with Crippen LogP contribution in [0.5, 0.6) is 0 Å². The minimum absolute atomic E-state index is 0. The summed E-state index contributed by atoms with van der Waals surface area (Å²) >= 11 is 0. The van der Waals surface area contributed by atoms with Crippen LogP contribution in [0, 0.1) is 10.1 Å². The van der Waals surface area contributed by atoms with Gasteiger partial charge in [-0.2, -0.15) is 0 Å². The van der Waals surface area contributed by atoms with E-state index in [1.165, 1.54) is 12.1 Å². The third-order valence-electron chi connectivity index (χ3n) is 3.86. The first-order valence-corrected chi connectivity index (χ1v) is 8.75. The van der Waals surface area contributed by atoms with Gasteiger partial charge in [-0.3, -0.25) is 10.1 Å². The minimum Gasteiger partial charge on any atom is -0.394 e. The van der Waals surface area contributed by atoms with Crippen molar-refractivity contribution in [3.05, 3.63) is 39.9 Å². The van der Waals surface area contributed by atoms with Gasteiger partial charge in [-0.05, 0) is 18.4 Å². The molecule has 1 heterocycles. The molecule has 0 aromatic heterocycles. The van der Waals surface area contributed by atoms with Crippen LogP contribution in [0.4, 0.5) is 5.69 Å². The van der Waals surface area contributed by atoms with Crippen molar-refractivity contribution in [3.63, 3.8) is 0 Å². The number of aliphatic hydroxyl groups is 1. The summed E-state index contributed by atoms with van der Waals surface area (Å²) in [5.74, 6) is 0.631. The van der Waals surface area contributed by atoms with Gasteiger partial charge < -0.3 is 25.2 Å². The lowest BCUT2D eigenvalue weighted by molar-refractivity contribution is -0.384. The summed E-state index contributed by atoms with van der Waals surface area (Å²) in [6, 6.07) is 6.34. The zero-order chi connectivity index (χ0) is 18.6. The van der Waals surface area contributed by atoms with Crippen molar-refractivity contribution in [1.29, 1.82) is 0 Å². The lowest BCUT2D eigenvalue weighted by atomic mass is 10.2. The van der Waals surface area contributed by atoms with Crippen molar-refractivity contribution in [1.82, 2.24) is 10.6 Å². The van der Waals surface area contributed by atoms with Crippen molar-refractivity contribution >= 4 is 35.6 Å². The highest BCUT2D eigenvalue weighted by Gasteiger charge is 2.15. The zero-order valence-electron chi connectivity index (χ0n) is 15.1. The highest BCUT2D eigenvalue weighted by Crippen LogP contribution is 2.13. The average Bonchev–Trinajstić information content (AvgIpc) is 3.17. The second kappa shape index (κ2) is 13.6. The molecule has 0 spiro atoms. The Kier molecular flexibility index (Phi) is 11.9. The van der Waals surface area contributed by atoms with Gasteiger partial charge in [0.1, 0.15) is 0 Å². The number of hydrogen-bond donors (Lipinski definition) is 3. The van der Waals surface area contributed by atoms with Crippen LogP contribution in [0.1, 0.15) is 18.4 Å². The molecular formula is C17H27IN4O5. The molecule has 0 radical (unpaired) electrons. The van der Waals surface area contributed by atoms with Crippen LogP contribution >= 0.6 is 24.0 Å². The molecule has 1 fully saturated rings. The summed E-state index contributed by atoms with van der Waals surface area (Å²) in [7, 11) is 0. The lowest BCUT2D eigenvalue weighted by Crippen LogP contribution is -2.42. The van der Waals surface area contributed by atoms with Gasteiger partial charge in [-0.25, -0.2) is 4.99 Å². The number of ether oxygens (including phenoxy) is 2. The molecule has 27 heavy (non-hydrogen) atoms. The van der Waals surface area contributed by atoms with Crippen molar-refractivity contribution in [3.8, 4) is 0 Å². The van der Waals surface area contributed by atoms with Gasteiger partial charge in [0.25, 0.3) is 5.69 Å². The molecule has 1 atom stereocenters. The quantitative estimate of drug-likeness (QED) is 0.113. The van der Waals surface area contributed by atoms with E-state index in [4.69, 9.17) is 14.6 Å². The Morgan fingerprint density at radius 3 is 2.74 bits per heavy atom. The van der Waals surface area contributed by atoms with E-state index < -0.39 is 4.92 Å². The smallest absolute Gasteiger partial charge is 0.269 e. The van der Waals surface area contributed by atoms with Crippen LogP contribution in [0.15, 0.2) is 29.3 Å². The fraction of sp³-hybridized carbons (Fsp3) is 0.588. The minimum atomic E-state index is -0.421. The number of aliphatic hydroxyl groups excluding tert-OH is 1. The van der Waals surface area contributed by atoms with Crippen molar-refractivity contribution in [2.45, 2.75) is 25.5 Å². The number of hydrogen-bond acceptors (Lipinski definition) is 6. The first-order valence-electron chi connectivity index (χ1n) is 8.75. The fourth-order valence-corrected chi connectivity index (χ4v) is 2.49. The van der Waals surface area contributed by atoms with E-state index in [1.54, 1.807) is 12.1 Å². The predicted octanol–water partition coefficient (Wildman–Crippen LogP) is 1.44. The molecule has 1 aromatic rings.